The molecule has 1 saturated carbocycles. The van der Waals surface area contributed by atoms with Crippen molar-refractivity contribution in [1.82, 2.24) is 14.9 Å². The topological polar surface area (TPSA) is 92.3 Å². The van der Waals surface area contributed by atoms with E-state index < -0.39 is 5.60 Å². The van der Waals surface area contributed by atoms with E-state index in [9.17, 15) is 9.90 Å². The van der Waals surface area contributed by atoms with Crippen molar-refractivity contribution in [3.63, 3.8) is 0 Å². The minimum Gasteiger partial charge on any atom is -0.385 e. The van der Waals surface area contributed by atoms with Crippen LogP contribution in [0.15, 0.2) is 36.4 Å². The normalized spacial score (nSPS) is 27.0. The molecular formula is C23H30N4O2. The van der Waals surface area contributed by atoms with Crippen LogP contribution in [0, 0.1) is 5.92 Å². The van der Waals surface area contributed by atoms with Crippen molar-refractivity contribution < 1.29 is 9.90 Å². The van der Waals surface area contributed by atoms with Crippen molar-refractivity contribution in [2.75, 3.05) is 12.3 Å². The van der Waals surface area contributed by atoms with Crippen LogP contribution < -0.4 is 5.73 Å². The summed E-state index contributed by atoms with van der Waals surface area (Å²) in [5.41, 5.74) is 7.08. The van der Waals surface area contributed by atoms with Gasteiger partial charge < -0.3 is 15.7 Å². The van der Waals surface area contributed by atoms with Gasteiger partial charge in [-0.15, -0.1) is 0 Å². The molecule has 3 atom stereocenters. The molecule has 154 valence electrons. The van der Waals surface area contributed by atoms with Crippen LogP contribution in [-0.4, -0.2) is 38.5 Å². The lowest BCUT2D eigenvalue weighted by Gasteiger charge is -2.52. The van der Waals surface area contributed by atoms with Crippen molar-refractivity contribution in [1.29, 1.82) is 0 Å². The van der Waals surface area contributed by atoms with Crippen molar-refractivity contribution in [2.24, 2.45) is 5.92 Å². The van der Waals surface area contributed by atoms with Crippen LogP contribution in [0.1, 0.15) is 73.6 Å². The smallest absolute Gasteiger partial charge is 0.272 e. The van der Waals surface area contributed by atoms with Crippen LogP contribution in [0.4, 0.5) is 5.95 Å². The Morgan fingerprint density at radius 1 is 1.21 bits per heavy atom. The molecule has 0 bridgehead atoms. The van der Waals surface area contributed by atoms with Gasteiger partial charge in [-0.1, -0.05) is 57.0 Å². The molecule has 6 nitrogen and oxygen atoms in total. The zero-order chi connectivity index (χ0) is 20.6. The van der Waals surface area contributed by atoms with E-state index >= 15 is 0 Å². The molecule has 2 heterocycles. The predicted octanol–water partition coefficient (Wildman–Crippen LogP) is 3.47. The van der Waals surface area contributed by atoms with E-state index in [-0.39, 0.29) is 29.7 Å². The molecule has 0 unspecified atom stereocenters. The molecule has 4 rings (SSSR count). The third-order valence-electron chi connectivity index (χ3n) is 6.59. The van der Waals surface area contributed by atoms with Gasteiger partial charge in [-0.2, -0.15) is 0 Å². The fourth-order valence-electron chi connectivity index (χ4n) is 5.06. The number of nitrogens with zero attached hydrogens (tertiary/aromatic N) is 3. The Balaban J connectivity index is 1.66. The highest BCUT2D eigenvalue weighted by Crippen LogP contribution is 2.47. The summed E-state index contributed by atoms with van der Waals surface area (Å²) in [6, 6.07) is 11.7. The largest absolute Gasteiger partial charge is 0.385 e. The van der Waals surface area contributed by atoms with Crippen LogP contribution in [0.25, 0.3) is 0 Å². The first-order valence-corrected chi connectivity index (χ1v) is 10.6. The van der Waals surface area contributed by atoms with E-state index in [0.717, 1.165) is 36.9 Å². The number of amides is 1. The molecule has 2 aliphatic rings. The molecule has 1 aromatic heterocycles. The maximum absolute atomic E-state index is 13.4. The second-order valence-corrected chi connectivity index (χ2v) is 8.69. The average molecular weight is 395 g/mol. The number of rotatable bonds is 3. The first-order valence-electron chi connectivity index (χ1n) is 10.6. The number of carbonyl (C=O) groups is 1. The molecule has 1 aliphatic heterocycles. The molecule has 3 N–H and O–H groups in total. The summed E-state index contributed by atoms with van der Waals surface area (Å²) in [6.45, 7) is 4.55. The molecule has 1 saturated heterocycles. The summed E-state index contributed by atoms with van der Waals surface area (Å²) in [6.07, 6.45) is 4.50. The Kier molecular flexibility index (Phi) is 5.30. The lowest BCUT2D eigenvalue weighted by atomic mass is 9.66. The summed E-state index contributed by atoms with van der Waals surface area (Å²) >= 11 is 0. The third-order valence-corrected chi connectivity index (χ3v) is 6.59. The minimum atomic E-state index is -0.892. The zero-order valence-electron chi connectivity index (χ0n) is 17.2. The molecule has 29 heavy (non-hydrogen) atoms. The first kappa shape index (κ1) is 19.8. The number of aliphatic hydroxyl groups is 1. The van der Waals surface area contributed by atoms with E-state index in [1.807, 2.05) is 49.1 Å². The molecular weight excluding hydrogens is 364 g/mol. The fourth-order valence-corrected chi connectivity index (χ4v) is 5.06. The number of nitrogen functional groups attached to an aromatic ring is 1. The van der Waals surface area contributed by atoms with E-state index in [2.05, 4.69) is 9.97 Å². The molecule has 0 radical (unpaired) electrons. The summed E-state index contributed by atoms with van der Waals surface area (Å²) in [7, 11) is 0. The molecule has 0 spiro atoms. The maximum Gasteiger partial charge on any atom is 0.272 e. The summed E-state index contributed by atoms with van der Waals surface area (Å²) < 4.78 is 0. The molecule has 6 heteroatoms. The lowest BCUT2D eigenvalue weighted by Crippen LogP contribution is -2.59. The second kappa shape index (κ2) is 7.75. The Morgan fingerprint density at radius 2 is 1.93 bits per heavy atom. The molecule has 2 aromatic rings. The summed E-state index contributed by atoms with van der Waals surface area (Å²) in [5, 5.41) is 11.7. The van der Waals surface area contributed by atoms with Gasteiger partial charge in [0.1, 0.15) is 5.69 Å². The van der Waals surface area contributed by atoms with Gasteiger partial charge in [0, 0.05) is 24.2 Å². The number of fused-ring (bicyclic) bond motifs is 1. The number of hydrogen-bond acceptors (Lipinski definition) is 5. The number of likely N-dealkylation sites (tertiary alicyclic amines) is 1. The minimum absolute atomic E-state index is 0.00824. The highest BCUT2D eigenvalue weighted by Gasteiger charge is 2.50. The van der Waals surface area contributed by atoms with Crippen molar-refractivity contribution >= 4 is 11.9 Å². The quantitative estimate of drug-likeness (QED) is 0.831. The number of aromatic nitrogens is 2. The number of benzene rings is 1. The van der Waals surface area contributed by atoms with Gasteiger partial charge in [0.25, 0.3) is 5.91 Å². The number of piperidine rings is 1. The van der Waals surface area contributed by atoms with E-state index in [1.165, 1.54) is 0 Å². The van der Waals surface area contributed by atoms with Gasteiger partial charge >= 0.3 is 0 Å². The number of carbonyl (C=O) groups excluding carboxylic acids is 1. The van der Waals surface area contributed by atoms with Crippen LogP contribution in [-0.2, 0) is 5.60 Å². The van der Waals surface area contributed by atoms with Crippen LogP contribution in [0.5, 0.6) is 0 Å². The number of nitrogens with two attached hydrogens (primary N) is 1. The molecule has 1 amide bonds. The van der Waals surface area contributed by atoms with Crippen molar-refractivity contribution in [3.8, 4) is 0 Å². The monoisotopic (exact) mass is 394 g/mol. The number of hydrogen-bond donors (Lipinski definition) is 2. The van der Waals surface area contributed by atoms with Crippen LogP contribution in [0.2, 0.25) is 0 Å². The Labute approximate surface area is 172 Å². The summed E-state index contributed by atoms with van der Waals surface area (Å²) in [4.78, 5) is 23.8. The number of anilines is 1. The Bertz CT molecular complexity index is 886. The molecule has 1 aliphatic carbocycles. The second-order valence-electron chi connectivity index (χ2n) is 8.69. The standard InChI is InChI=1S/C23H30N4O2/c1-15(2)18-14-19(26-22(24)25-18)21(28)27-13-12-23(29,16-8-4-3-5-9-16)17-10-6-7-11-20(17)27/h3-5,8-9,14-15,17,20,29H,6-7,10-13H2,1-2H3,(H2,24,25,26)/t17-,20+,23+/m0/s1. The highest BCUT2D eigenvalue weighted by molar-refractivity contribution is 5.93. The molecule has 1 aromatic carbocycles. The van der Waals surface area contributed by atoms with E-state index in [1.54, 1.807) is 6.07 Å². The van der Waals surface area contributed by atoms with Crippen molar-refractivity contribution in [2.45, 2.75) is 63.5 Å². The Morgan fingerprint density at radius 3 is 2.66 bits per heavy atom. The predicted molar refractivity (Wildman–Crippen MR) is 112 cm³/mol. The van der Waals surface area contributed by atoms with Gasteiger partial charge in [-0.3, -0.25) is 4.79 Å². The fraction of sp³-hybridized carbons (Fsp3) is 0.522. The van der Waals surface area contributed by atoms with Crippen LogP contribution in [0.3, 0.4) is 0 Å². The maximum atomic E-state index is 13.4. The van der Waals surface area contributed by atoms with E-state index in [0.29, 0.717) is 18.7 Å². The summed E-state index contributed by atoms with van der Waals surface area (Å²) in [5.74, 6) is 0.226. The van der Waals surface area contributed by atoms with Gasteiger partial charge in [0.2, 0.25) is 5.95 Å². The Hall–Kier alpha value is -2.47. The first-order chi connectivity index (χ1) is 13.9. The SMILES string of the molecule is CC(C)c1cc(C(=O)N2CC[C@@](O)(c3ccccc3)[C@H]3CCCC[C@H]32)nc(N)n1. The van der Waals surface area contributed by atoms with Crippen LogP contribution >= 0.6 is 0 Å². The highest BCUT2D eigenvalue weighted by atomic mass is 16.3. The average Bonchev–Trinajstić information content (AvgIpc) is 2.74. The molecule has 2 fully saturated rings. The van der Waals surface area contributed by atoms with Gasteiger partial charge in [0.15, 0.2) is 0 Å². The van der Waals surface area contributed by atoms with Gasteiger partial charge in [-0.05, 0) is 36.8 Å². The van der Waals surface area contributed by atoms with Gasteiger partial charge in [-0.25, -0.2) is 9.97 Å². The zero-order valence-corrected chi connectivity index (χ0v) is 17.2. The van der Waals surface area contributed by atoms with Crippen molar-refractivity contribution in [3.05, 3.63) is 53.3 Å². The van der Waals surface area contributed by atoms with Gasteiger partial charge in [0.05, 0.1) is 5.60 Å². The third kappa shape index (κ3) is 3.62. The van der Waals surface area contributed by atoms with E-state index in [4.69, 9.17) is 5.73 Å². The lowest BCUT2D eigenvalue weighted by molar-refractivity contribution is -0.110.